The summed E-state index contributed by atoms with van der Waals surface area (Å²) in [5.74, 6) is 1.77. The van der Waals surface area contributed by atoms with Crippen molar-refractivity contribution in [2.24, 2.45) is 11.8 Å². The highest BCUT2D eigenvalue weighted by atomic mass is 15.2. The normalized spacial score (nSPS) is 34.7. The lowest BCUT2D eigenvalue weighted by molar-refractivity contribution is 0.235. The van der Waals surface area contributed by atoms with Gasteiger partial charge in [0, 0.05) is 31.7 Å². The van der Waals surface area contributed by atoms with Gasteiger partial charge in [-0.25, -0.2) is 0 Å². The van der Waals surface area contributed by atoms with Crippen LogP contribution in [0.1, 0.15) is 46.5 Å². The minimum atomic E-state index is 0.716. The summed E-state index contributed by atoms with van der Waals surface area (Å²) in [7, 11) is 0. The van der Waals surface area contributed by atoms with Crippen LogP contribution in [0.3, 0.4) is 0 Å². The summed E-state index contributed by atoms with van der Waals surface area (Å²) < 4.78 is 0. The summed E-state index contributed by atoms with van der Waals surface area (Å²) >= 11 is 0. The van der Waals surface area contributed by atoms with Crippen molar-refractivity contribution < 1.29 is 0 Å². The lowest BCUT2D eigenvalue weighted by Crippen LogP contribution is -2.42. The first-order valence-corrected chi connectivity index (χ1v) is 7.14. The maximum absolute atomic E-state index is 3.75. The van der Waals surface area contributed by atoms with Crippen molar-refractivity contribution in [1.29, 1.82) is 0 Å². The Kier molecular flexibility index (Phi) is 4.26. The van der Waals surface area contributed by atoms with Gasteiger partial charge >= 0.3 is 0 Å². The SMILES string of the molecule is CC1CN(C(C)CNC2CCCC2)CC1C. The van der Waals surface area contributed by atoms with Gasteiger partial charge in [-0.05, 0) is 31.6 Å². The van der Waals surface area contributed by atoms with E-state index in [4.69, 9.17) is 0 Å². The second-order valence-corrected chi connectivity index (χ2v) is 6.15. The summed E-state index contributed by atoms with van der Waals surface area (Å²) in [6.07, 6.45) is 5.67. The number of nitrogens with one attached hydrogen (secondary N) is 1. The quantitative estimate of drug-likeness (QED) is 0.789. The van der Waals surface area contributed by atoms with Crippen molar-refractivity contribution in [2.75, 3.05) is 19.6 Å². The van der Waals surface area contributed by atoms with Gasteiger partial charge in [0.25, 0.3) is 0 Å². The Morgan fingerprint density at radius 3 is 2.25 bits per heavy atom. The maximum atomic E-state index is 3.75. The predicted octanol–water partition coefficient (Wildman–Crippen LogP) is 2.49. The summed E-state index contributed by atoms with van der Waals surface area (Å²) in [5.41, 5.74) is 0. The molecular weight excluding hydrogens is 196 g/mol. The predicted molar refractivity (Wildman–Crippen MR) is 69.6 cm³/mol. The molecule has 0 bridgehead atoms. The molecule has 94 valence electrons. The van der Waals surface area contributed by atoms with Crippen LogP contribution in [0.25, 0.3) is 0 Å². The minimum Gasteiger partial charge on any atom is -0.312 e. The largest absolute Gasteiger partial charge is 0.312 e. The topological polar surface area (TPSA) is 15.3 Å². The van der Waals surface area contributed by atoms with E-state index in [-0.39, 0.29) is 0 Å². The molecule has 3 unspecified atom stereocenters. The second kappa shape index (κ2) is 5.50. The molecule has 1 saturated heterocycles. The Morgan fingerprint density at radius 1 is 1.12 bits per heavy atom. The van der Waals surface area contributed by atoms with Gasteiger partial charge in [-0.15, -0.1) is 0 Å². The van der Waals surface area contributed by atoms with Crippen LogP contribution in [0.4, 0.5) is 0 Å². The molecule has 2 fully saturated rings. The molecule has 1 N–H and O–H groups in total. The minimum absolute atomic E-state index is 0.716. The van der Waals surface area contributed by atoms with E-state index >= 15 is 0 Å². The fraction of sp³-hybridized carbons (Fsp3) is 1.00. The fourth-order valence-corrected chi connectivity index (χ4v) is 3.13. The molecule has 0 radical (unpaired) electrons. The van der Waals surface area contributed by atoms with Crippen LogP contribution in [-0.4, -0.2) is 36.6 Å². The van der Waals surface area contributed by atoms with Crippen LogP contribution in [0.5, 0.6) is 0 Å². The highest BCUT2D eigenvalue weighted by molar-refractivity contribution is 4.84. The Bertz CT molecular complexity index is 201. The van der Waals surface area contributed by atoms with E-state index in [0.29, 0.717) is 6.04 Å². The standard InChI is InChI=1S/C14H28N2/c1-11-9-16(10-12(11)2)13(3)8-15-14-6-4-5-7-14/h11-15H,4-10H2,1-3H3. The van der Waals surface area contributed by atoms with E-state index in [1.165, 1.54) is 45.3 Å². The molecule has 0 spiro atoms. The number of likely N-dealkylation sites (tertiary alicyclic amines) is 1. The van der Waals surface area contributed by atoms with Gasteiger partial charge in [-0.3, -0.25) is 4.90 Å². The molecule has 1 aliphatic heterocycles. The molecule has 2 nitrogen and oxygen atoms in total. The van der Waals surface area contributed by atoms with Gasteiger partial charge in [-0.2, -0.15) is 0 Å². The highest BCUT2D eigenvalue weighted by Gasteiger charge is 2.29. The summed E-state index contributed by atoms with van der Waals surface area (Å²) in [6.45, 7) is 10.9. The van der Waals surface area contributed by atoms with Crippen LogP contribution < -0.4 is 5.32 Å². The average molecular weight is 224 g/mol. The molecule has 2 aliphatic rings. The van der Waals surface area contributed by atoms with Crippen LogP contribution in [0, 0.1) is 11.8 Å². The Hall–Kier alpha value is -0.0800. The molecule has 1 saturated carbocycles. The smallest absolute Gasteiger partial charge is 0.0192 e. The number of rotatable bonds is 4. The zero-order valence-corrected chi connectivity index (χ0v) is 11.2. The van der Waals surface area contributed by atoms with Crippen molar-refractivity contribution in [3.05, 3.63) is 0 Å². The molecular formula is C14H28N2. The Labute approximate surface area is 101 Å². The van der Waals surface area contributed by atoms with E-state index in [1.54, 1.807) is 0 Å². The van der Waals surface area contributed by atoms with E-state index < -0.39 is 0 Å². The van der Waals surface area contributed by atoms with Crippen LogP contribution in [-0.2, 0) is 0 Å². The first-order chi connectivity index (χ1) is 7.66. The van der Waals surface area contributed by atoms with E-state index in [2.05, 4.69) is 31.0 Å². The van der Waals surface area contributed by atoms with E-state index in [1.807, 2.05) is 0 Å². The van der Waals surface area contributed by atoms with Gasteiger partial charge in [-0.1, -0.05) is 26.7 Å². The zero-order chi connectivity index (χ0) is 11.5. The molecule has 0 aromatic heterocycles. The molecule has 1 aliphatic carbocycles. The molecule has 1 heterocycles. The summed E-state index contributed by atoms with van der Waals surface area (Å²) in [4.78, 5) is 2.66. The molecule has 2 rings (SSSR count). The van der Waals surface area contributed by atoms with Crippen molar-refractivity contribution in [1.82, 2.24) is 10.2 Å². The van der Waals surface area contributed by atoms with E-state index in [9.17, 15) is 0 Å². The Morgan fingerprint density at radius 2 is 1.69 bits per heavy atom. The number of hydrogen-bond donors (Lipinski definition) is 1. The third-order valence-electron chi connectivity index (χ3n) is 4.70. The van der Waals surface area contributed by atoms with Gasteiger partial charge in [0.2, 0.25) is 0 Å². The third-order valence-corrected chi connectivity index (χ3v) is 4.70. The summed E-state index contributed by atoms with van der Waals surface area (Å²) in [5, 5.41) is 3.75. The van der Waals surface area contributed by atoms with Crippen molar-refractivity contribution in [3.63, 3.8) is 0 Å². The van der Waals surface area contributed by atoms with E-state index in [0.717, 1.165) is 17.9 Å². The van der Waals surface area contributed by atoms with Gasteiger partial charge in [0.05, 0.1) is 0 Å². The van der Waals surface area contributed by atoms with Crippen molar-refractivity contribution >= 4 is 0 Å². The first-order valence-electron chi connectivity index (χ1n) is 7.14. The lowest BCUT2D eigenvalue weighted by Gasteiger charge is -2.26. The molecule has 0 aromatic carbocycles. The van der Waals surface area contributed by atoms with Gasteiger partial charge < -0.3 is 5.32 Å². The number of nitrogens with zero attached hydrogens (tertiary/aromatic N) is 1. The third kappa shape index (κ3) is 2.98. The maximum Gasteiger partial charge on any atom is 0.0192 e. The monoisotopic (exact) mass is 224 g/mol. The molecule has 0 amide bonds. The van der Waals surface area contributed by atoms with Gasteiger partial charge in [0.1, 0.15) is 0 Å². The zero-order valence-electron chi connectivity index (χ0n) is 11.2. The Balaban J connectivity index is 1.69. The fourth-order valence-electron chi connectivity index (χ4n) is 3.13. The summed E-state index contributed by atoms with van der Waals surface area (Å²) in [6, 6.07) is 1.54. The molecule has 0 aromatic rings. The van der Waals surface area contributed by atoms with Crippen LogP contribution in [0.15, 0.2) is 0 Å². The number of hydrogen-bond acceptors (Lipinski definition) is 2. The van der Waals surface area contributed by atoms with Crippen molar-refractivity contribution in [3.8, 4) is 0 Å². The molecule has 3 atom stereocenters. The average Bonchev–Trinajstić information content (AvgIpc) is 2.86. The second-order valence-electron chi connectivity index (χ2n) is 6.15. The molecule has 2 heteroatoms. The lowest BCUT2D eigenvalue weighted by atomic mass is 10.0. The first kappa shape index (κ1) is 12.4. The van der Waals surface area contributed by atoms with Gasteiger partial charge in [0.15, 0.2) is 0 Å². The van der Waals surface area contributed by atoms with Crippen molar-refractivity contribution in [2.45, 2.75) is 58.5 Å². The van der Waals surface area contributed by atoms with Crippen LogP contribution in [0.2, 0.25) is 0 Å². The van der Waals surface area contributed by atoms with Crippen LogP contribution >= 0.6 is 0 Å². The highest BCUT2D eigenvalue weighted by Crippen LogP contribution is 2.24. The molecule has 16 heavy (non-hydrogen) atoms.